The third kappa shape index (κ3) is 4.37. The van der Waals surface area contributed by atoms with Gasteiger partial charge in [-0.05, 0) is 93.8 Å². The first kappa shape index (κ1) is 23.7. The summed E-state index contributed by atoms with van der Waals surface area (Å²) in [5.74, 6) is 0.0218. The number of benzene rings is 2. The molecule has 0 saturated carbocycles. The van der Waals surface area contributed by atoms with Gasteiger partial charge in [0, 0.05) is 30.0 Å². The van der Waals surface area contributed by atoms with E-state index >= 15 is 0 Å². The number of Topliss-reactive ketones (excluding diaryl/α,β-unsaturated/α-hetero) is 1. The number of nitrogens with zero attached hydrogens (tertiary/aromatic N) is 2. The number of hydrogen-bond donors (Lipinski definition) is 1. The van der Waals surface area contributed by atoms with Crippen molar-refractivity contribution in [3.8, 4) is 5.75 Å². The fourth-order valence-electron chi connectivity index (χ4n) is 4.98. The number of hydrogen-bond acceptors (Lipinski definition) is 6. The number of piperidine rings is 1. The zero-order valence-corrected chi connectivity index (χ0v) is 20.6. The molecule has 0 radical (unpaired) electrons. The summed E-state index contributed by atoms with van der Waals surface area (Å²) in [6, 6.07) is 17.1. The Bertz CT molecular complexity index is 1280. The van der Waals surface area contributed by atoms with Crippen LogP contribution in [0, 0.1) is 6.92 Å². The summed E-state index contributed by atoms with van der Waals surface area (Å²) in [6.07, 6.45) is 3.58. The summed E-state index contributed by atoms with van der Waals surface area (Å²) >= 11 is 0. The van der Waals surface area contributed by atoms with E-state index in [2.05, 4.69) is 4.90 Å². The molecule has 3 heterocycles. The van der Waals surface area contributed by atoms with E-state index in [0.717, 1.165) is 18.8 Å². The Morgan fingerprint density at radius 3 is 2.22 bits per heavy atom. The first-order chi connectivity index (χ1) is 17.5. The summed E-state index contributed by atoms with van der Waals surface area (Å²) in [4.78, 5) is 30.4. The number of furan rings is 1. The number of anilines is 2. The predicted octanol–water partition coefficient (Wildman–Crippen LogP) is 5.60. The van der Waals surface area contributed by atoms with Crippen LogP contribution in [0.15, 0.2) is 70.7 Å². The van der Waals surface area contributed by atoms with Crippen molar-refractivity contribution in [1.82, 2.24) is 0 Å². The van der Waals surface area contributed by atoms with E-state index in [4.69, 9.17) is 9.15 Å². The van der Waals surface area contributed by atoms with Crippen molar-refractivity contribution in [3.63, 3.8) is 0 Å². The Kier molecular flexibility index (Phi) is 6.55. The molecule has 1 aromatic heterocycles. The van der Waals surface area contributed by atoms with Crippen LogP contribution in [0.5, 0.6) is 5.75 Å². The fourth-order valence-corrected chi connectivity index (χ4v) is 4.98. The van der Waals surface area contributed by atoms with Crippen LogP contribution in [-0.2, 0) is 9.59 Å². The molecule has 0 aliphatic carbocycles. The average molecular weight is 487 g/mol. The zero-order chi connectivity index (χ0) is 25.2. The lowest BCUT2D eigenvalue weighted by Crippen LogP contribution is -2.30. The van der Waals surface area contributed by atoms with E-state index in [1.165, 1.54) is 24.2 Å². The smallest absolute Gasteiger partial charge is 0.300 e. The lowest BCUT2D eigenvalue weighted by molar-refractivity contribution is -0.132. The summed E-state index contributed by atoms with van der Waals surface area (Å²) < 4.78 is 11.4. The standard InChI is InChI=1S/C29H30N2O5/c1-3-35-23-14-8-20(9-15-23)27(32)25-26(24-16-7-19(2)36-24)31(29(34)28(25)33)22-12-10-21(11-13-22)30-17-5-4-6-18-30/h7-16,26,32H,3-6,17-18H2,1-2H3/b27-25-. The maximum absolute atomic E-state index is 13.3. The maximum atomic E-state index is 13.3. The molecule has 0 bridgehead atoms. The molecule has 2 aromatic carbocycles. The highest BCUT2D eigenvalue weighted by Gasteiger charge is 2.48. The fraction of sp³-hybridized carbons (Fsp3) is 0.310. The van der Waals surface area contributed by atoms with Gasteiger partial charge in [-0.1, -0.05) is 0 Å². The van der Waals surface area contributed by atoms with Gasteiger partial charge in [0.1, 0.15) is 29.1 Å². The Balaban J connectivity index is 1.56. The largest absolute Gasteiger partial charge is 0.507 e. The minimum absolute atomic E-state index is 0.00128. The van der Waals surface area contributed by atoms with Crippen LogP contribution in [0.3, 0.4) is 0 Å². The molecule has 7 heteroatoms. The number of rotatable bonds is 6. The van der Waals surface area contributed by atoms with Crippen LogP contribution in [0.2, 0.25) is 0 Å². The molecule has 2 aliphatic rings. The van der Waals surface area contributed by atoms with Crippen molar-refractivity contribution < 1.29 is 23.8 Å². The average Bonchev–Trinajstić information content (AvgIpc) is 3.45. The van der Waals surface area contributed by atoms with Gasteiger partial charge in [0.2, 0.25) is 0 Å². The van der Waals surface area contributed by atoms with Gasteiger partial charge in [-0.25, -0.2) is 0 Å². The summed E-state index contributed by atoms with van der Waals surface area (Å²) in [7, 11) is 0. The molecular weight excluding hydrogens is 456 g/mol. The van der Waals surface area contributed by atoms with Crippen LogP contribution in [0.1, 0.15) is 49.3 Å². The van der Waals surface area contributed by atoms with Crippen molar-refractivity contribution in [2.24, 2.45) is 0 Å². The third-order valence-corrected chi connectivity index (χ3v) is 6.76. The summed E-state index contributed by atoms with van der Waals surface area (Å²) in [5, 5.41) is 11.2. The van der Waals surface area contributed by atoms with E-state index in [-0.39, 0.29) is 11.3 Å². The highest BCUT2D eigenvalue weighted by molar-refractivity contribution is 6.51. The molecule has 2 saturated heterocycles. The number of aliphatic hydroxyl groups excluding tert-OH is 1. The maximum Gasteiger partial charge on any atom is 0.300 e. The van der Waals surface area contributed by atoms with E-state index in [1.807, 2.05) is 31.2 Å². The molecule has 186 valence electrons. The second-order valence-corrected chi connectivity index (χ2v) is 9.14. The van der Waals surface area contributed by atoms with Gasteiger partial charge in [0.05, 0.1) is 12.2 Å². The van der Waals surface area contributed by atoms with Crippen LogP contribution < -0.4 is 14.5 Å². The summed E-state index contributed by atoms with van der Waals surface area (Å²) in [6.45, 7) is 6.23. The molecule has 2 aliphatic heterocycles. The van der Waals surface area contributed by atoms with E-state index < -0.39 is 17.7 Å². The molecule has 36 heavy (non-hydrogen) atoms. The third-order valence-electron chi connectivity index (χ3n) is 6.76. The highest BCUT2D eigenvalue weighted by atomic mass is 16.5. The molecule has 3 aromatic rings. The van der Waals surface area contributed by atoms with Crippen LogP contribution >= 0.6 is 0 Å². The normalized spacial score (nSPS) is 19.7. The number of amides is 1. The number of carbonyl (C=O) groups excluding carboxylic acids is 2. The highest BCUT2D eigenvalue weighted by Crippen LogP contribution is 2.43. The molecule has 1 amide bonds. The van der Waals surface area contributed by atoms with Gasteiger partial charge in [0.15, 0.2) is 0 Å². The van der Waals surface area contributed by atoms with Crippen LogP contribution in [-0.4, -0.2) is 36.5 Å². The van der Waals surface area contributed by atoms with Crippen molar-refractivity contribution in [2.45, 2.75) is 39.2 Å². The molecule has 7 nitrogen and oxygen atoms in total. The van der Waals surface area contributed by atoms with E-state index in [0.29, 0.717) is 35.1 Å². The Morgan fingerprint density at radius 2 is 1.61 bits per heavy atom. The monoisotopic (exact) mass is 486 g/mol. The topological polar surface area (TPSA) is 83.2 Å². The Morgan fingerprint density at radius 1 is 0.944 bits per heavy atom. The molecule has 1 unspecified atom stereocenters. The lowest BCUT2D eigenvalue weighted by Gasteiger charge is -2.29. The molecule has 1 atom stereocenters. The Hall–Kier alpha value is -4.00. The quantitative estimate of drug-likeness (QED) is 0.277. The molecule has 0 spiro atoms. The minimum atomic E-state index is -0.883. The van der Waals surface area contributed by atoms with Crippen LogP contribution in [0.4, 0.5) is 11.4 Å². The van der Waals surface area contributed by atoms with Gasteiger partial charge in [-0.3, -0.25) is 14.5 Å². The molecular formula is C29H30N2O5. The van der Waals surface area contributed by atoms with Crippen molar-refractivity contribution in [2.75, 3.05) is 29.5 Å². The second-order valence-electron chi connectivity index (χ2n) is 9.14. The lowest BCUT2D eigenvalue weighted by atomic mass is 9.99. The summed E-state index contributed by atoms with van der Waals surface area (Å²) in [5.41, 5.74) is 2.08. The second kappa shape index (κ2) is 9.93. The van der Waals surface area contributed by atoms with Crippen molar-refractivity contribution in [3.05, 3.63) is 83.3 Å². The number of carbonyl (C=O) groups is 2. The van der Waals surface area contributed by atoms with Gasteiger partial charge in [-0.15, -0.1) is 0 Å². The SMILES string of the molecule is CCOc1ccc(/C(O)=C2/C(=O)C(=O)N(c3ccc(N4CCCCC4)cc3)C2c2ccc(C)o2)cc1. The van der Waals surface area contributed by atoms with Crippen LogP contribution in [0.25, 0.3) is 5.76 Å². The minimum Gasteiger partial charge on any atom is -0.507 e. The van der Waals surface area contributed by atoms with Crippen molar-refractivity contribution in [1.29, 1.82) is 0 Å². The number of aryl methyl sites for hydroxylation is 1. The van der Waals surface area contributed by atoms with E-state index in [9.17, 15) is 14.7 Å². The zero-order valence-electron chi connectivity index (χ0n) is 20.6. The van der Waals surface area contributed by atoms with E-state index in [1.54, 1.807) is 43.3 Å². The van der Waals surface area contributed by atoms with Gasteiger partial charge in [-0.2, -0.15) is 0 Å². The molecule has 5 rings (SSSR count). The number of ketones is 1. The molecule has 1 N–H and O–H groups in total. The van der Waals surface area contributed by atoms with Gasteiger partial charge < -0.3 is 19.2 Å². The molecule has 2 fully saturated rings. The number of ether oxygens (including phenoxy) is 1. The first-order valence-corrected chi connectivity index (χ1v) is 12.4. The predicted molar refractivity (Wildman–Crippen MR) is 138 cm³/mol. The number of aliphatic hydroxyl groups is 1. The first-order valence-electron chi connectivity index (χ1n) is 12.4. The van der Waals surface area contributed by atoms with Crippen molar-refractivity contribution >= 4 is 28.8 Å². The Labute approximate surface area is 210 Å². The van der Waals surface area contributed by atoms with Gasteiger partial charge in [0.25, 0.3) is 11.7 Å². The van der Waals surface area contributed by atoms with Gasteiger partial charge >= 0.3 is 0 Å².